The van der Waals surface area contributed by atoms with Crippen molar-refractivity contribution in [1.82, 2.24) is 19.5 Å². The van der Waals surface area contributed by atoms with E-state index in [1.807, 2.05) is 29.8 Å². The quantitative estimate of drug-likeness (QED) is 0.464. The Hall–Kier alpha value is -2.89. The van der Waals surface area contributed by atoms with Crippen LogP contribution in [0.3, 0.4) is 0 Å². The maximum atomic E-state index is 12.5. The van der Waals surface area contributed by atoms with Crippen molar-refractivity contribution in [1.29, 1.82) is 0 Å². The lowest BCUT2D eigenvalue weighted by Crippen LogP contribution is -2.22. The molecule has 1 aromatic heterocycles. The Morgan fingerprint density at radius 3 is 2.48 bits per heavy atom. The first-order chi connectivity index (χ1) is 14.7. The molecule has 0 unspecified atom stereocenters. The van der Waals surface area contributed by atoms with Gasteiger partial charge >= 0.3 is 6.03 Å². The fraction of sp³-hybridized carbons (Fsp3) is 0.250. The van der Waals surface area contributed by atoms with Crippen LogP contribution in [0.5, 0.6) is 0 Å². The summed E-state index contributed by atoms with van der Waals surface area (Å²) in [5, 5.41) is 14.3. The van der Waals surface area contributed by atoms with Crippen molar-refractivity contribution in [3.05, 3.63) is 59.9 Å². The normalized spacial score (nSPS) is 12.4. The summed E-state index contributed by atoms with van der Waals surface area (Å²) in [7, 11) is -0.391. The van der Waals surface area contributed by atoms with Crippen LogP contribution in [-0.2, 0) is 17.1 Å². The predicted octanol–water partition coefficient (Wildman–Crippen LogP) is 3.53. The second-order valence-corrected chi connectivity index (χ2v) is 10.0. The van der Waals surface area contributed by atoms with Crippen LogP contribution >= 0.6 is 11.8 Å². The van der Waals surface area contributed by atoms with Gasteiger partial charge in [0.05, 0.1) is 4.90 Å². The molecule has 9 nitrogen and oxygen atoms in total. The highest BCUT2D eigenvalue weighted by atomic mass is 32.2. The number of amides is 2. The molecule has 3 rings (SSSR count). The zero-order valence-electron chi connectivity index (χ0n) is 17.6. The van der Waals surface area contributed by atoms with Crippen LogP contribution in [-0.4, -0.2) is 36.3 Å². The maximum Gasteiger partial charge on any atom is 0.323 e. The number of sulfonamides is 1. The van der Waals surface area contributed by atoms with E-state index >= 15 is 0 Å². The standard InChI is InChI=1S/C20H24N6O3S2/c1-13-8-9-17(11-18(13)31(28,29)21-3)24-19(27)23-16-7-5-6-15(10-16)14(2)30-20-25-22-12-26(20)4/h5-12,14,21H,1-4H3,(H2,23,24,27)/t14-/m0/s1. The second-order valence-electron chi connectivity index (χ2n) is 6.88. The van der Waals surface area contributed by atoms with E-state index in [0.29, 0.717) is 16.9 Å². The fourth-order valence-corrected chi connectivity index (χ4v) is 4.75. The van der Waals surface area contributed by atoms with E-state index in [4.69, 9.17) is 0 Å². The minimum Gasteiger partial charge on any atom is -0.312 e. The van der Waals surface area contributed by atoms with Gasteiger partial charge in [0.25, 0.3) is 0 Å². The first-order valence-corrected chi connectivity index (χ1v) is 11.8. The second kappa shape index (κ2) is 9.50. The molecule has 2 amide bonds. The number of hydrogen-bond donors (Lipinski definition) is 3. The Bertz CT molecular complexity index is 1190. The molecular formula is C20H24N6O3S2. The van der Waals surface area contributed by atoms with Crippen LogP contribution in [0.4, 0.5) is 16.2 Å². The molecule has 2 aromatic carbocycles. The zero-order chi connectivity index (χ0) is 22.6. The number of anilines is 2. The van der Waals surface area contributed by atoms with E-state index in [1.54, 1.807) is 43.2 Å². The Morgan fingerprint density at radius 2 is 1.84 bits per heavy atom. The number of carbonyl (C=O) groups excluding carboxylic acids is 1. The molecule has 164 valence electrons. The van der Waals surface area contributed by atoms with Crippen molar-refractivity contribution in [3.63, 3.8) is 0 Å². The van der Waals surface area contributed by atoms with Gasteiger partial charge in [-0.05, 0) is 56.3 Å². The number of nitrogens with zero attached hydrogens (tertiary/aromatic N) is 3. The lowest BCUT2D eigenvalue weighted by atomic mass is 10.1. The molecule has 0 fully saturated rings. The maximum absolute atomic E-state index is 12.5. The van der Waals surface area contributed by atoms with E-state index in [-0.39, 0.29) is 10.1 Å². The van der Waals surface area contributed by atoms with Gasteiger partial charge in [0.15, 0.2) is 5.16 Å². The highest BCUT2D eigenvalue weighted by molar-refractivity contribution is 7.99. The SMILES string of the molecule is CNS(=O)(=O)c1cc(NC(=O)Nc2cccc([C@H](C)Sc3nncn3C)c2)ccc1C. The van der Waals surface area contributed by atoms with Crippen LogP contribution < -0.4 is 15.4 Å². The first kappa shape index (κ1) is 22.8. The smallest absolute Gasteiger partial charge is 0.312 e. The summed E-state index contributed by atoms with van der Waals surface area (Å²) in [6.45, 7) is 3.74. The van der Waals surface area contributed by atoms with E-state index in [2.05, 4.69) is 32.5 Å². The molecule has 1 heterocycles. The summed E-state index contributed by atoms with van der Waals surface area (Å²) in [4.78, 5) is 12.6. The van der Waals surface area contributed by atoms with Crippen LogP contribution in [0.2, 0.25) is 0 Å². The van der Waals surface area contributed by atoms with Gasteiger partial charge in [-0.25, -0.2) is 17.9 Å². The number of rotatable bonds is 7. The highest BCUT2D eigenvalue weighted by Gasteiger charge is 2.16. The van der Waals surface area contributed by atoms with Gasteiger partial charge < -0.3 is 15.2 Å². The monoisotopic (exact) mass is 460 g/mol. The van der Waals surface area contributed by atoms with Crippen LogP contribution in [0.1, 0.15) is 23.3 Å². The third-order valence-corrected chi connectivity index (χ3v) is 7.33. The average Bonchev–Trinajstić information content (AvgIpc) is 3.13. The number of hydrogen-bond acceptors (Lipinski definition) is 6. The van der Waals surface area contributed by atoms with E-state index < -0.39 is 16.1 Å². The van der Waals surface area contributed by atoms with Crippen molar-refractivity contribution in [2.75, 3.05) is 17.7 Å². The van der Waals surface area contributed by atoms with Crippen molar-refractivity contribution in [3.8, 4) is 0 Å². The topological polar surface area (TPSA) is 118 Å². The molecule has 3 N–H and O–H groups in total. The third kappa shape index (κ3) is 5.63. The number of urea groups is 1. The minimum absolute atomic E-state index is 0.0964. The fourth-order valence-electron chi connectivity index (χ4n) is 2.85. The molecule has 0 radical (unpaired) electrons. The van der Waals surface area contributed by atoms with Crippen molar-refractivity contribution < 1.29 is 13.2 Å². The van der Waals surface area contributed by atoms with E-state index in [9.17, 15) is 13.2 Å². The van der Waals surface area contributed by atoms with Gasteiger partial charge in [0.2, 0.25) is 10.0 Å². The summed E-state index contributed by atoms with van der Waals surface area (Å²) in [5.41, 5.74) is 2.60. The van der Waals surface area contributed by atoms with Gasteiger partial charge in [0, 0.05) is 23.7 Å². The molecule has 11 heteroatoms. The molecule has 0 aliphatic carbocycles. The molecule has 0 saturated heterocycles. The van der Waals surface area contributed by atoms with Crippen LogP contribution in [0.25, 0.3) is 0 Å². The average molecular weight is 461 g/mol. The van der Waals surface area contributed by atoms with E-state index in [1.165, 1.54) is 13.1 Å². The number of aromatic nitrogens is 3. The van der Waals surface area contributed by atoms with Gasteiger partial charge in [-0.2, -0.15) is 0 Å². The molecule has 0 spiro atoms. The molecule has 1 atom stereocenters. The minimum atomic E-state index is -3.62. The van der Waals surface area contributed by atoms with Crippen LogP contribution in [0.15, 0.2) is 58.8 Å². The van der Waals surface area contributed by atoms with Gasteiger partial charge in [0.1, 0.15) is 6.33 Å². The lowest BCUT2D eigenvalue weighted by Gasteiger charge is -2.14. The van der Waals surface area contributed by atoms with Crippen molar-refractivity contribution in [2.24, 2.45) is 7.05 Å². The van der Waals surface area contributed by atoms with Gasteiger partial charge in [-0.1, -0.05) is 30.0 Å². The largest absolute Gasteiger partial charge is 0.323 e. The summed E-state index contributed by atoms with van der Waals surface area (Å²) < 4.78 is 28.4. The molecule has 0 aliphatic heterocycles. The number of carbonyl (C=O) groups is 1. The number of nitrogens with one attached hydrogen (secondary N) is 3. The molecule has 0 aliphatic rings. The first-order valence-electron chi connectivity index (χ1n) is 9.42. The molecule has 0 saturated carbocycles. The lowest BCUT2D eigenvalue weighted by molar-refractivity contribution is 0.262. The summed E-state index contributed by atoms with van der Waals surface area (Å²) >= 11 is 1.57. The number of thioether (sulfide) groups is 1. The molecule has 31 heavy (non-hydrogen) atoms. The van der Waals surface area contributed by atoms with Crippen LogP contribution in [0, 0.1) is 6.92 Å². The number of benzene rings is 2. The number of aryl methyl sites for hydroxylation is 2. The summed E-state index contributed by atoms with van der Waals surface area (Å²) in [6.07, 6.45) is 1.65. The van der Waals surface area contributed by atoms with Crippen molar-refractivity contribution >= 4 is 39.2 Å². The molecule has 3 aromatic rings. The summed E-state index contributed by atoms with van der Waals surface area (Å²) in [5.74, 6) is 0. The molecular weight excluding hydrogens is 436 g/mol. The highest BCUT2D eigenvalue weighted by Crippen LogP contribution is 2.34. The van der Waals surface area contributed by atoms with Crippen molar-refractivity contribution in [2.45, 2.75) is 29.1 Å². The Kier molecular flexibility index (Phi) is 6.98. The molecule has 0 bridgehead atoms. The Balaban J connectivity index is 1.69. The Labute approximate surface area is 185 Å². The Morgan fingerprint density at radius 1 is 1.13 bits per heavy atom. The van der Waals surface area contributed by atoms with Gasteiger partial charge in [-0.15, -0.1) is 10.2 Å². The third-order valence-electron chi connectivity index (χ3n) is 4.57. The van der Waals surface area contributed by atoms with Gasteiger partial charge in [-0.3, -0.25) is 0 Å². The predicted molar refractivity (Wildman–Crippen MR) is 122 cm³/mol. The van der Waals surface area contributed by atoms with E-state index in [0.717, 1.165) is 10.7 Å². The summed E-state index contributed by atoms with van der Waals surface area (Å²) in [6, 6.07) is 11.8. The zero-order valence-corrected chi connectivity index (χ0v) is 19.2.